The zero-order valence-electron chi connectivity index (χ0n) is 14.3. The van der Waals surface area contributed by atoms with Crippen LogP contribution in [0.1, 0.15) is 17.4 Å². The quantitative estimate of drug-likeness (QED) is 0.679. The molecule has 0 bridgehead atoms. The second kappa shape index (κ2) is 7.96. The number of aliphatic hydroxyl groups is 2. The van der Waals surface area contributed by atoms with Crippen molar-refractivity contribution >= 4 is 9.84 Å². The summed E-state index contributed by atoms with van der Waals surface area (Å²) < 4.78 is 38.1. The van der Waals surface area contributed by atoms with E-state index in [0.717, 1.165) is 0 Å². The number of nitrogens with zero attached hydrogens (tertiary/aromatic N) is 1. The molecule has 3 rings (SSSR count). The van der Waals surface area contributed by atoms with Gasteiger partial charge >= 0.3 is 0 Å². The van der Waals surface area contributed by atoms with Crippen LogP contribution >= 0.6 is 0 Å². The van der Waals surface area contributed by atoms with Crippen LogP contribution in [-0.4, -0.2) is 30.2 Å². The fourth-order valence-electron chi connectivity index (χ4n) is 2.61. The van der Waals surface area contributed by atoms with Crippen molar-refractivity contribution in [2.24, 2.45) is 0 Å². The third-order valence-electron chi connectivity index (χ3n) is 4.06. The van der Waals surface area contributed by atoms with Crippen molar-refractivity contribution in [3.8, 4) is 11.3 Å². The lowest BCUT2D eigenvalue weighted by Gasteiger charge is -2.09. The van der Waals surface area contributed by atoms with Crippen molar-refractivity contribution in [1.29, 1.82) is 0 Å². The fraction of sp³-hybridized carbons (Fsp3) is 0.150. The Kier molecular flexibility index (Phi) is 5.65. The molecule has 140 valence electrons. The molecule has 0 aliphatic carbocycles. The Morgan fingerprint density at radius 1 is 0.963 bits per heavy atom. The molecule has 1 atom stereocenters. The second-order valence-corrected chi connectivity index (χ2v) is 8.05. The summed E-state index contributed by atoms with van der Waals surface area (Å²) in [5.74, 6) is -0.634. The average Bonchev–Trinajstić information content (AvgIpc) is 2.69. The Hall–Kier alpha value is -2.61. The first-order valence-corrected chi connectivity index (χ1v) is 9.88. The van der Waals surface area contributed by atoms with E-state index < -0.39 is 28.4 Å². The van der Waals surface area contributed by atoms with Crippen molar-refractivity contribution in [2.45, 2.75) is 16.8 Å². The van der Waals surface area contributed by atoms with E-state index in [2.05, 4.69) is 4.98 Å². The third-order valence-corrected chi connectivity index (χ3v) is 5.77. The van der Waals surface area contributed by atoms with E-state index in [4.69, 9.17) is 5.11 Å². The highest BCUT2D eigenvalue weighted by molar-refractivity contribution is 7.90. The zero-order valence-corrected chi connectivity index (χ0v) is 15.1. The molecule has 7 heteroatoms. The minimum absolute atomic E-state index is 0.155. The van der Waals surface area contributed by atoms with Gasteiger partial charge in [-0.15, -0.1) is 0 Å². The van der Waals surface area contributed by atoms with Crippen LogP contribution in [0.5, 0.6) is 0 Å². The Balaban J connectivity index is 1.83. The maximum absolute atomic E-state index is 13.0. The summed E-state index contributed by atoms with van der Waals surface area (Å²) in [7, 11) is -3.57. The third kappa shape index (κ3) is 4.57. The van der Waals surface area contributed by atoms with Crippen LogP contribution < -0.4 is 0 Å². The molecule has 27 heavy (non-hydrogen) atoms. The Bertz CT molecular complexity index is 1020. The lowest BCUT2D eigenvalue weighted by molar-refractivity contribution is 0.0923. The molecule has 5 nitrogen and oxygen atoms in total. The fourth-order valence-corrected chi connectivity index (χ4v) is 3.96. The van der Waals surface area contributed by atoms with Gasteiger partial charge in [0.25, 0.3) is 0 Å². The maximum Gasteiger partial charge on any atom is 0.182 e. The summed E-state index contributed by atoms with van der Waals surface area (Å²) in [4.78, 5) is 4.44. The van der Waals surface area contributed by atoms with Crippen LogP contribution in [0.25, 0.3) is 11.3 Å². The number of pyridine rings is 1. The van der Waals surface area contributed by atoms with Crippen LogP contribution in [0, 0.1) is 5.82 Å². The van der Waals surface area contributed by atoms with E-state index in [1.54, 1.807) is 30.3 Å². The molecule has 0 aliphatic rings. The first-order chi connectivity index (χ1) is 12.9. The standard InChI is InChI=1S/C20H18FNO4S/c21-16-8-4-14(5-9-16)13-27(25,26)17-10-6-15(7-11-17)18-2-1-3-19(22-18)20(24)12-23/h1-11,20,23-24H,12-13H2/t20-/m1/s1. The second-order valence-electron chi connectivity index (χ2n) is 6.06. The predicted octanol–water partition coefficient (Wildman–Crippen LogP) is 2.89. The first kappa shape index (κ1) is 19.2. The minimum atomic E-state index is -3.57. The molecule has 2 aromatic carbocycles. The number of hydrogen-bond donors (Lipinski definition) is 2. The van der Waals surface area contributed by atoms with E-state index in [1.165, 1.54) is 36.4 Å². The molecule has 0 amide bonds. The smallest absolute Gasteiger partial charge is 0.182 e. The van der Waals surface area contributed by atoms with Gasteiger partial charge in [0.1, 0.15) is 11.9 Å². The van der Waals surface area contributed by atoms with Crippen molar-refractivity contribution in [1.82, 2.24) is 4.98 Å². The molecule has 1 heterocycles. The first-order valence-electron chi connectivity index (χ1n) is 8.22. The van der Waals surface area contributed by atoms with Crippen LogP contribution in [0.2, 0.25) is 0 Å². The van der Waals surface area contributed by atoms with Crippen molar-refractivity contribution in [3.63, 3.8) is 0 Å². The Morgan fingerprint density at radius 2 is 1.63 bits per heavy atom. The molecule has 1 aromatic heterocycles. The highest BCUT2D eigenvalue weighted by Crippen LogP contribution is 2.23. The summed E-state index contributed by atoms with van der Waals surface area (Å²) in [5, 5.41) is 18.7. The molecule has 3 aromatic rings. The van der Waals surface area contributed by atoms with Gasteiger partial charge in [-0.1, -0.05) is 30.3 Å². The molecule has 0 fully saturated rings. The van der Waals surface area contributed by atoms with E-state index in [9.17, 15) is 17.9 Å². The van der Waals surface area contributed by atoms with E-state index in [1.807, 2.05) is 0 Å². The molecular weight excluding hydrogens is 369 g/mol. The SMILES string of the molecule is O=S(=O)(Cc1ccc(F)cc1)c1ccc(-c2cccc([C@H](O)CO)n2)cc1. The largest absolute Gasteiger partial charge is 0.393 e. The molecular formula is C20H18FNO4S. The van der Waals surface area contributed by atoms with Crippen LogP contribution in [0.4, 0.5) is 4.39 Å². The van der Waals surface area contributed by atoms with E-state index in [-0.39, 0.29) is 10.6 Å². The zero-order chi connectivity index (χ0) is 19.4. The van der Waals surface area contributed by atoms with Gasteiger partial charge in [-0.3, -0.25) is 0 Å². The molecule has 2 N–H and O–H groups in total. The number of aromatic nitrogens is 1. The molecule has 0 unspecified atom stereocenters. The van der Waals surface area contributed by atoms with Gasteiger partial charge < -0.3 is 10.2 Å². The van der Waals surface area contributed by atoms with Gasteiger partial charge in [-0.2, -0.15) is 0 Å². The van der Waals surface area contributed by atoms with Gasteiger partial charge in [0.2, 0.25) is 0 Å². The highest BCUT2D eigenvalue weighted by Gasteiger charge is 2.16. The molecule has 0 aliphatic heterocycles. The molecule has 0 radical (unpaired) electrons. The molecule has 0 saturated carbocycles. The van der Waals surface area contributed by atoms with Crippen molar-refractivity contribution < 1.29 is 23.0 Å². The molecule has 0 spiro atoms. The van der Waals surface area contributed by atoms with Crippen LogP contribution in [0.3, 0.4) is 0 Å². The van der Waals surface area contributed by atoms with Gasteiger partial charge in [0.05, 0.1) is 28.6 Å². The summed E-state index contributed by atoms with van der Waals surface area (Å²) in [6, 6.07) is 16.6. The summed E-state index contributed by atoms with van der Waals surface area (Å²) in [6.07, 6.45) is -1.07. The summed E-state index contributed by atoms with van der Waals surface area (Å²) in [5.41, 5.74) is 2.08. The van der Waals surface area contributed by atoms with Crippen molar-refractivity contribution in [2.75, 3.05) is 6.61 Å². The number of aliphatic hydroxyl groups excluding tert-OH is 2. The topological polar surface area (TPSA) is 87.5 Å². The summed E-state index contributed by atoms with van der Waals surface area (Å²) in [6.45, 7) is -0.434. The van der Waals surface area contributed by atoms with Gasteiger partial charge in [0, 0.05) is 5.56 Å². The number of halogens is 1. The maximum atomic E-state index is 13.0. The number of hydrogen-bond acceptors (Lipinski definition) is 5. The van der Waals surface area contributed by atoms with Crippen molar-refractivity contribution in [3.05, 3.63) is 83.8 Å². The summed E-state index contributed by atoms with van der Waals surface area (Å²) >= 11 is 0. The lowest BCUT2D eigenvalue weighted by Crippen LogP contribution is -2.06. The predicted molar refractivity (Wildman–Crippen MR) is 99.0 cm³/mol. The van der Waals surface area contributed by atoms with Gasteiger partial charge in [-0.25, -0.2) is 17.8 Å². The van der Waals surface area contributed by atoms with E-state index in [0.29, 0.717) is 22.5 Å². The van der Waals surface area contributed by atoms with E-state index >= 15 is 0 Å². The van der Waals surface area contributed by atoms with Gasteiger partial charge in [0.15, 0.2) is 9.84 Å². The Morgan fingerprint density at radius 3 is 2.26 bits per heavy atom. The molecule has 0 saturated heterocycles. The average molecular weight is 387 g/mol. The number of benzene rings is 2. The highest BCUT2D eigenvalue weighted by atomic mass is 32.2. The Labute approximate surface area is 156 Å². The normalized spacial score (nSPS) is 12.7. The van der Waals surface area contributed by atoms with Crippen LogP contribution in [0.15, 0.2) is 71.6 Å². The number of rotatable bonds is 6. The van der Waals surface area contributed by atoms with Crippen LogP contribution in [-0.2, 0) is 15.6 Å². The number of sulfone groups is 1. The van der Waals surface area contributed by atoms with Gasteiger partial charge in [-0.05, 0) is 42.0 Å². The monoisotopic (exact) mass is 387 g/mol. The lowest BCUT2D eigenvalue weighted by atomic mass is 10.1. The minimum Gasteiger partial charge on any atom is -0.393 e.